The molecule has 0 bridgehead atoms. The molecule has 7 nitrogen and oxygen atoms in total. The minimum absolute atomic E-state index is 0.248. The summed E-state index contributed by atoms with van der Waals surface area (Å²) < 4.78 is 24.5. The molecule has 3 N–H and O–H groups in total. The van der Waals surface area contributed by atoms with Crippen LogP contribution in [-0.2, 0) is 10.2 Å². The number of nitrogens with two attached hydrogens (primary N) is 1. The van der Waals surface area contributed by atoms with Gasteiger partial charge in [-0.25, -0.2) is 14.2 Å². The predicted molar refractivity (Wildman–Crippen MR) is 130 cm³/mol. The monoisotopic (exact) mass is 472 g/mol. The van der Waals surface area contributed by atoms with Crippen molar-refractivity contribution < 1.29 is 18.7 Å². The van der Waals surface area contributed by atoms with Crippen molar-refractivity contribution in [1.82, 2.24) is 15.2 Å². The molecule has 1 aliphatic rings. The molecule has 0 spiro atoms. The second kappa shape index (κ2) is 9.31. The van der Waals surface area contributed by atoms with Crippen molar-refractivity contribution in [2.75, 3.05) is 18.9 Å². The van der Waals surface area contributed by atoms with E-state index in [1.165, 1.54) is 12.1 Å². The fourth-order valence-corrected chi connectivity index (χ4v) is 4.45. The van der Waals surface area contributed by atoms with Crippen LogP contribution in [0.4, 0.5) is 10.1 Å². The summed E-state index contributed by atoms with van der Waals surface area (Å²) >= 11 is 0. The second-order valence-electron chi connectivity index (χ2n) is 8.67. The van der Waals surface area contributed by atoms with E-state index in [1.807, 2.05) is 19.1 Å². The molecule has 0 atom stereocenters. The van der Waals surface area contributed by atoms with E-state index in [1.54, 1.807) is 42.5 Å². The Hall–Kier alpha value is -4.04. The highest BCUT2D eigenvalue weighted by Gasteiger charge is 2.40. The number of ether oxygens (including phenoxy) is 2. The zero-order valence-corrected chi connectivity index (χ0v) is 19.3. The number of aromatic nitrogens is 3. The van der Waals surface area contributed by atoms with E-state index in [0.29, 0.717) is 24.5 Å². The van der Waals surface area contributed by atoms with Crippen LogP contribution in [0.1, 0.15) is 40.4 Å². The molecule has 0 radical (unpaired) electrons. The SMILES string of the molecule is Cc1nc(C2(c3ccc(C(=O)Oc4cc(-c5ccc(F)cc5)ccc4N)cc3)CCOCC2)n[nH]1. The Balaban J connectivity index is 1.38. The number of anilines is 1. The van der Waals surface area contributed by atoms with Gasteiger partial charge < -0.3 is 15.2 Å². The minimum Gasteiger partial charge on any atom is -0.421 e. The number of hydrogen-bond donors (Lipinski definition) is 2. The average molecular weight is 473 g/mol. The Morgan fingerprint density at radius 1 is 1.03 bits per heavy atom. The highest BCUT2D eigenvalue weighted by atomic mass is 19.1. The highest BCUT2D eigenvalue weighted by Crippen LogP contribution is 2.39. The number of esters is 1. The molecular weight excluding hydrogens is 447 g/mol. The number of hydrogen-bond acceptors (Lipinski definition) is 6. The van der Waals surface area contributed by atoms with Gasteiger partial charge in [-0.1, -0.05) is 30.3 Å². The fraction of sp³-hybridized carbons (Fsp3) is 0.222. The Kier molecular flexibility index (Phi) is 6.05. The molecule has 1 fully saturated rings. The van der Waals surface area contributed by atoms with E-state index in [9.17, 15) is 9.18 Å². The first-order valence-corrected chi connectivity index (χ1v) is 11.4. The number of aromatic amines is 1. The third kappa shape index (κ3) is 4.52. The highest BCUT2D eigenvalue weighted by molar-refractivity contribution is 5.92. The van der Waals surface area contributed by atoms with Crippen molar-refractivity contribution in [2.24, 2.45) is 0 Å². The van der Waals surface area contributed by atoms with Gasteiger partial charge in [-0.15, -0.1) is 0 Å². The largest absolute Gasteiger partial charge is 0.421 e. The summed E-state index contributed by atoms with van der Waals surface area (Å²) in [5.41, 5.74) is 8.99. The Morgan fingerprint density at radius 3 is 2.37 bits per heavy atom. The van der Waals surface area contributed by atoms with Crippen LogP contribution in [0.15, 0.2) is 66.7 Å². The molecule has 35 heavy (non-hydrogen) atoms. The average Bonchev–Trinajstić information content (AvgIpc) is 3.33. The van der Waals surface area contributed by atoms with Crippen LogP contribution in [0.2, 0.25) is 0 Å². The first-order chi connectivity index (χ1) is 16.9. The standard InChI is InChI=1S/C27H25FN4O3/c1-17-30-26(32-31-17)27(12-14-34-15-13-27)21-7-2-19(3-8-21)25(33)35-24-16-20(6-11-23(24)29)18-4-9-22(28)10-5-18/h2-11,16H,12-15,29H2,1H3,(H,30,31,32). The van der Waals surface area contributed by atoms with Crippen LogP contribution in [-0.4, -0.2) is 34.4 Å². The summed E-state index contributed by atoms with van der Waals surface area (Å²) in [6, 6.07) is 18.6. The van der Waals surface area contributed by atoms with Gasteiger partial charge in [0.2, 0.25) is 0 Å². The number of carbonyl (C=O) groups is 1. The molecule has 0 aliphatic carbocycles. The number of aryl methyl sites for hydroxylation is 1. The lowest BCUT2D eigenvalue weighted by Crippen LogP contribution is -2.36. The van der Waals surface area contributed by atoms with Gasteiger partial charge in [0.25, 0.3) is 0 Å². The first-order valence-electron chi connectivity index (χ1n) is 11.4. The van der Waals surface area contributed by atoms with Crippen LogP contribution < -0.4 is 10.5 Å². The summed E-state index contributed by atoms with van der Waals surface area (Å²) in [5.74, 6) is 0.901. The van der Waals surface area contributed by atoms with E-state index in [0.717, 1.165) is 41.2 Å². The first kappa shape index (κ1) is 22.7. The van der Waals surface area contributed by atoms with Crippen LogP contribution in [0.3, 0.4) is 0 Å². The molecule has 1 saturated heterocycles. The van der Waals surface area contributed by atoms with E-state index in [4.69, 9.17) is 15.2 Å². The summed E-state index contributed by atoms with van der Waals surface area (Å²) in [6.07, 6.45) is 1.50. The van der Waals surface area contributed by atoms with Crippen LogP contribution in [0.25, 0.3) is 11.1 Å². The Bertz CT molecular complexity index is 1340. The molecule has 0 unspecified atom stereocenters. The maximum absolute atomic E-state index is 13.3. The van der Waals surface area contributed by atoms with Gasteiger partial charge in [-0.3, -0.25) is 5.10 Å². The Labute approximate surface area is 202 Å². The van der Waals surface area contributed by atoms with Crippen LogP contribution >= 0.6 is 0 Å². The lowest BCUT2D eigenvalue weighted by atomic mass is 9.73. The summed E-state index contributed by atoms with van der Waals surface area (Å²) in [5, 5.41) is 7.37. The van der Waals surface area contributed by atoms with Gasteiger partial charge in [0, 0.05) is 13.2 Å². The molecule has 2 heterocycles. The lowest BCUT2D eigenvalue weighted by Gasteiger charge is -2.35. The summed E-state index contributed by atoms with van der Waals surface area (Å²) in [4.78, 5) is 17.5. The zero-order chi connectivity index (χ0) is 24.4. The molecular formula is C27H25FN4O3. The molecule has 0 amide bonds. The smallest absolute Gasteiger partial charge is 0.343 e. The topological polar surface area (TPSA) is 103 Å². The number of carbonyl (C=O) groups excluding carboxylic acids is 1. The van der Waals surface area contributed by atoms with Crippen molar-refractivity contribution in [3.8, 4) is 16.9 Å². The predicted octanol–water partition coefficient (Wildman–Crippen LogP) is 4.82. The third-order valence-electron chi connectivity index (χ3n) is 6.44. The summed E-state index contributed by atoms with van der Waals surface area (Å²) in [7, 11) is 0. The van der Waals surface area contributed by atoms with Gasteiger partial charge in [-0.2, -0.15) is 5.10 Å². The van der Waals surface area contributed by atoms with E-state index in [-0.39, 0.29) is 17.0 Å². The molecule has 1 aromatic heterocycles. The van der Waals surface area contributed by atoms with E-state index >= 15 is 0 Å². The maximum Gasteiger partial charge on any atom is 0.343 e. The second-order valence-corrected chi connectivity index (χ2v) is 8.67. The van der Waals surface area contributed by atoms with Crippen molar-refractivity contribution in [3.05, 3.63) is 95.3 Å². The van der Waals surface area contributed by atoms with Crippen LogP contribution in [0, 0.1) is 12.7 Å². The molecule has 5 rings (SSSR count). The number of nitrogens with zero attached hydrogens (tertiary/aromatic N) is 2. The van der Waals surface area contributed by atoms with Crippen LogP contribution in [0.5, 0.6) is 5.75 Å². The van der Waals surface area contributed by atoms with Gasteiger partial charge in [0.05, 0.1) is 16.7 Å². The number of benzene rings is 3. The van der Waals surface area contributed by atoms with E-state index in [2.05, 4.69) is 15.2 Å². The molecule has 178 valence electrons. The fourth-order valence-electron chi connectivity index (χ4n) is 4.45. The van der Waals surface area contributed by atoms with Gasteiger partial charge >= 0.3 is 5.97 Å². The maximum atomic E-state index is 13.3. The molecule has 8 heteroatoms. The third-order valence-corrected chi connectivity index (χ3v) is 6.44. The zero-order valence-electron chi connectivity index (χ0n) is 19.3. The Morgan fingerprint density at radius 2 is 1.71 bits per heavy atom. The van der Waals surface area contributed by atoms with Crippen molar-refractivity contribution in [2.45, 2.75) is 25.2 Å². The molecule has 1 aliphatic heterocycles. The normalized spacial score (nSPS) is 15.0. The van der Waals surface area contributed by atoms with Crippen molar-refractivity contribution in [3.63, 3.8) is 0 Å². The summed E-state index contributed by atoms with van der Waals surface area (Å²) in [6.45, 7) is 3.10. The number of rotatable bonds is 5. The lowest BCUT2D eigenvalue weighted by molar-refractivity contribution is 0.0605. The number of nitrogens with one attached hydrogen (secondary N) is 1. The molecule has 0 saturated carbocycles. The molecule has 4 aromatic rings. The van der Waals surface area contributed by atoms with Gasteiger partial charge in [0.1, 0.15) is 11.6 Å². The number of H-pyrrole nitrogens is 1. The van der Waals surface area contributed by atoms with Gasteiger partial charge in [0.15, 0.2) is 11.6 Å². The number of nitrogen functional groups attached to an aromatic ring is 1. The van der Waals surface area contributed by atoms with Crippen molar-refractivity contribution >= 4 is 11.7 Å². The molecule has 3 aromatic carbocycles. The van der Waals surface area contributed by atoms with Gasteiger partial charge in [-0.05, 0) is 72.9 Å². The number of halogens is 1. The van der Waals surface area contributed by atoms with E-state index < -0.39 is 5.97 Å². The minimum atomic E-state index is -0.519. The quantitative estimate of drug-likeness (QED) is 0.245. The van der Waals surface area contributed by atoms with Crippen molar-refractivity contribution in [1.29, 1.82) is 0 Å².